The van der Waals surface area contributed by atoms with Crippen LogP contribution < -0.4 is 0 Å². The SMILES string of the molecule is O=C(O)CCN(Cc1cccnc1)Cc1ccc(Cl)c(Cl)c1. The molecule has 1 aromatic heterocycles. The topological polar surface area (TPSA) is 53.4 Å². The number of carboxylic acid groups (broad SMARTS) is 1. The van der Waals surface area contributed by atoms with Crippen LogP contribution in [0.5, 0.6) is 0 Å². The first-order valence-corrected chi connectivity index (χ1v) is 7.57. The number of nitrogens with zero attached hydrogens (tertiary/aromatic N) is 2. The molecule has 1 heterocycles. The second-order valence-corrected chi connectivity index (χ2v) is 5.78. The molecule has 0 radical (unpaired) electrons. The fourth-order valence-corrected chi connectivity index (χ4v) is 2.43. The summed E-state index contributed by atoms with van der Waals surface area (Å²) in [5, 5.41) is 9.91. The molecule has 4 nitrogen and oxygen atoms in total. The van der Waals surface area contributed by atoms with Crippen LogP contribution in [0.4, 0.5) is 0 Å². The van der Waals surface area contributed by atoms with Crippen molar-refractivity contribution in [1.82, 2.24) is 9.88 Å². The molecule has 0 fully saturated rings. The Morgan fingerprint density at radius 2 is 1.91 bits per heavy atom. The highest BCUT2D eigenvalue weighted by Gasteiger charge is 2.10. The van der Waals surface area contributed by atoms with Gasteiger partial charge in [0.1, 0.15) is 0 Å². The van der Waals surface area contributed by atoms with Gasteiger partial charge in [0.15, 0.2) is 0 Å². The first kappa shape index (κ1) is 16.7. The summed E-state index contributed by atoms with van der Waals surface area (Å²) in [6, 6.07) is 9.28. The Bertz CT molecular complexity index is 635. The van der Waals surface area contributed by atoms with Crippen molar-refractivity contribution >= 4 is 29.2 Å². The van der Waals surface area contributed by atoms with Crippen molar-refractivity contribution in [2.75, 3.05) is 6.54 Å². The van der Waals surface area contributed by atoms with Crippen molar-refractivity contribution in [1.29, 1.82) is 0 Å². The molecule has 1 N–H and O–H groups in total. The maximum atomic E-state index is 10.8. The van der Waals surface area contributed by atoms with E-state index in [4.69, 9.17) is 28.3 Å². The average molecular weight is 339 g/mol. The molecule has 0 amide bonds. The molecule has 0 aliphatic rings. The second-order valence-electron chi connectivity index (χ2n) is 4.96. The number of aromatic nitrogens is 1. The van der Waals surface area contributed by atoms with Crippen molar-refractivity contribution < 1.29 is 9.90 Å². The lowest BCUT2D eigenvalue weighted by atomic mass is 10.2. The maximum Gasteiger partial charge on any atom is 0.304 e. The number of carboxylic acids is 1. The fraction of sp³-hybridized carbons (Fsp3) is 0.250. The van der Waals surface area contributed by atoms with Gasteiger partial charge in [0, 0.05) is 32.0 Å². The summed E-state index contributed by atoms with van der Waals surface area (Å²) >= 11 is 11.9. The zero-order chi connectivity index (χ0) is 15.9. The molecule has 22 heavy (non-hydrogen) atoms. The standard InChI is InChI=1S/C16H16Cl2N2O2/c17-14-4-3-12(8-15(14)18)10-20(7-5-16(21)22)11-13-2-1-6-19-9-13/h1-4,6,8-9H,5,7,10-11H2,(H,21,22). The monoisotopic (exact) mass is 338 g/mol. The normalized spacial score (nSPS) is 10.9. The number of pyridine rings is 1. The average Bonchev–Trinajstić information content (AvgIpc) is 2.49. The molecular weight excluding hydrogens is 323 g/mol. The molecule has 0 bridgehead atoms. The van der Waals surface area contributed by atoms with Crippen LogP contribution in [0, 0.1) is 0 Å². The molecule has 0 saturated carbocycles. The third kappa shape index (κ3) is 5.30. The van der Waals surface area contributed by atoms with E-state index in [0.717, 1.165) is 11.1 Å². The van der Waals surface area contributed by atoms with Crippen molar-refractivity contribution in [3.8, 4) is 0 Å². The van der Waals surface area contributed by atoms with Gasteiger partial charge in [0.2, 0.25) is 0 Å². The van der Waals surface area contributed by atoms with Crippen LogP contribution in [-0.4, -0.2) is 27.5 Å². The summed E-state index contributed by atoms with van der Waals surface area (Å²) in [6.07, 6.45) is 3.58. The van der Waals surface area contributed by atoms with E-state index >= 15 is 0 Å². The van der Waals surface area contributed by atoms with Crippen molar-refractivity contribution in [3.63, 3.8) is 0 Å². The van der Waals surface area contributed by atoms with E-state index in [9.17, 15) is 4.79 Å². The summed E-state index contributed by atoms with van der Waals surface area (Å²) < 4.78 is 0. The van der Waals surface area contributed by atoms with E-state index in [0.29, 0.717) is 29.7 Å². The van der Waals surface area contributed by atoms with Crippen LogP contribution >= 0.6 is 23.2 Å². The molecule has 0 unspecified atom stereocenters. The molecule has 1 aromatic carbocycles. The van der Waals surface area contributed by atoms with E-state index in [1.165, 1.54) is 0 Å². The Morgan fingerprint density at radius 1 is 1.14 bits per heavy atom. The lowest BCUT2D eigenvalue weighted by Gasteiger charge is -2.22. The summed E-state index contributed by atoms with van der Waals surface area (Å²) in [5.74, 6) is -0.815. The van der Waals surface area contributed by atoms with Gasteiger partial charge in [0.05, 0.1) is 16.5 Å². The predicted molar refractivity (Wildman–Crippen MR) is 87.1 cm³/mol. The van der Waals surface area contributed by atoms with Crippen molar-refractivity contribution in [2.24, 2.45) is 0 Å². The molecule has 0 saturated heterocycles. The van der Waals surface area contributed by atoms with Gasteiger partial charge < -0.3 is 5.11 Å². The maximum absolute atomic E-state index is 10.8. The van der Waals surface area contributed by atoms with Crippen LogP contribution in [0.25, 0.3) is 0 Å². The number of benzene rings is 1. The summed E-state index contributed by atoms with van der Waals surface area (Å²) in [4.78, 5) is 17.0. The Kier molecular flexibility index (Phi) is 6.19. The fourth-order valence-electron chi connectivity index (χ4n) is 2.11. The van der Waals surface area contributed by atoms with Gasteiger partial charge in [-0.25, -0.2) is 0 Å². The zero-order valence-corrected chi connectivity index (χ0v) is 13.4. The van der Waals surface area contributed by atoms with Crippen LogP contribution in [0.3, 0.4) is 0 Å². The Balaban J connectivity index is 2.09. The van der Waals surface area contributed by atoms with Crippen LogP contribution in [0.15, 0.2) is 42.7 Å². The summed E-state index contributed by atoms with van der Waals surface area (Å²) in [6.45, 7) is 1.67. The number of rotatable bonds is 7. The molecule has 0 spiro atoms. The van der Waals surface area contributed by atoms with E-state index in [1.807, 2.05) is 23.1 Å². The Morgan fingerprint density at radius 3 is 2.55 bits per heavy atom. The van der Waals surface area contributed by atoms with Gasteiger partial charge in [-0.2, -0.15) is 0 Å². The van der Waals surface area contributed by atoms with E-state index in [-0.39, 0.29) is 6.42 Å². The van der Waals surface area contributed by atoms with E-state index < -0.39 is 5.97 Å². The van der Waals surface area contributed by atoms with Crippen LogP contribution in [0.2, 0.25) is 10.0 Å². The van der Waals surface area contributed by atoms with Gasteiger partial charge in [0.25, 0.3) is 0 Å². The third-order valence-electron chi connectivity index (χ3n) is 3.16. The highest BCUT2D eigenvalue weighted by molar-refractivity contribution is 6.42. The quantitative estimate of drug-likeness (QED) is 0.832. The van der Waals surface area contributed by atoms with Gasteiger partial charge in [-0.15, -0.1) is 0 Å². The number of carbonyl (C=O) groups is 1. The first-order chi connectivity index (χ1) is 10.5. The van der Waals surface area contributed by atoms with Crippen LogP contribution in [-0.2, 0) is 17.9 Å². The molecule has 0 aliphatic carbocycles. The second kappa shape index (κ2) is 8.13. The van der Waals surface area contributed by atoms with Crippen LogP contribution in [0.1, 0.15) is 17.5 Å². The number of hydrogen-bond donors (Lipinski definition) is 1. The molecule has 2 rings (SSSR count). The molecular formula is C16H16Cl2N2O2. The number of halogens is 2. The van der Waals surface area contributed by atoms with Crippen molar-refractivity contribution in [2.45, 2.75) is 19.5 Å². The van der Waals surface area contributed by atoms with E-state index in [1.54, 1.807) is 24.5 Å². The Hall–Kier alpha value is -1.62. The molecule has 0 atom stereocenters. The van der Waals surface area contributed by atoms with E-state index in [2.05, 4.69) is 4.98 Å². The third-order valence-corrected chi connectivity index (χ3v) is 3.90. The van der Waals surface area contributed by atoms with Crippen molar-refractivity contribution in [3.05, 3.63) is 63.9 Å². The van der Waals surface area contributed by atoms with Gasteiger partial charge in [-0.1, -0.05) is 35.3 Å². The minimum atomic E-state index is -0.815. The largest absolute Gasteiger partial charge is 0.481 e. The molecule has 0 aliphatic heterocycles. The lowest BCUT2D eigenvalue weighted by molar-refractivity contribution is -0.137. The summed E-state index contributed by atoms with van der Waals surface area (Å²) in [7, 11) is 0. The number of hydrogen-bond acceptors (Lipinski definition) is 3. The lowest BCUT2D eigenvalue weighted by Crippen LogP contribution is -2.25. The van der Waals surface area contributed by atoms with Gasteiger partial charge >= 0.3 is 5.97 Å². The Labute approximate surface area is 139 Å². The van der Waals surface area contributed by atoms with Gasteiger partial charge in [-0.05, 0) is 29.3 Å². The highest BCUT2D eigenvalue weighted by atomic mass is 35.5. The number of aliphatic carboxylic acids is 1. The molecule has 2 aromatic rings. The predicted octanol–water partition coefficient (Wildman–Crippen LogP) is 3.87. The summed E-state index contributed by atoms with van der Waals surface area (Å²) in [5.41, 5.74) is 2.02. The minimum Gasteiger partial charge on any atom is -0.481 e. The van der Waals surface area contributed by atoms with Gasteiger partial charge in [-0.3, -0.25) is 14.7 Å². The highest BCUT2D eigenvalue weighted by Crippen LogP contribution is 2.23. The molecule has 116 valence electrons. The first-order valence-electron chi connectivity index (χ1n) is 6.81. The zero-order valence-electron chi connectivity index (χ0n) is 11.9. The smallest absolute Gasteiger partial charge is 0.304 e. The molecule has 6 heteroatoms. The minimum absolute atomic E-state index is 0.0849.